The van der Waals surface area contributed by atoms with Gasteiger partial charge >= 0.3 is 0 Å². The summed E-state index contributed by atoms with van der Waals surface area (Å²) in [5.74, 6) is 3.53. The number of aromatic nitrogens is 6. The molecule has 5 aromatic carbocycles. The van der Waals surface area contributed by atoms with Gasteiger partial charge in [-0.1, -0.05) is 231 Å². The van der Waals surface area contributed by atoms with Crippen LogP contribution in [0.1, 0.15) is 205 Å². The highest BCUT2D eigenvalue weighted by Gasteiger charge is 2.21. The maximum absolute atomic E-state index is 11.4. The van der Waals surface area contributed by atoms with E-state index in [0.29, 0.717) is 91.3 Å². The lowest BCUT2D eigenvalue weighted by molar-refractivity contribution is -0.0573. The minimum absolute atomic E-state index is 0.0272. The minimum Gasteiger partial charge on any atom is -0.512 e. The number of hydrogen-bond donors (Lipinski definition) is 3. The highest BCUT2D eigenvalue weighted by Crippen LogP contribution is 2.35. The molecule has 0 fully saturated rings. The Bertz CT molecular complexity index is 3410. The number of nitrogens with zero attached hydrogens (tertiary/aromatic N) is 6. The summed E-state index contributed by atoms with van der Waals surface area (Å²) in [7, 11) is 0. The van der Waals surface area contributed by atoms with Crippen molar-refractivity contribution in [2.24, 2.45) is 0 Å². The van der Waals surface area contributed by atoms with Crippen molar-refractivity contribution >= 4 is 5.57 Å². The summed E-state index contributed by atoms with van der Waals surface area (Å²) < 4.78 is 30.7. The maximum Gasteiger partial charge on any atom is 0.167 e. The molecule has 14 nitrogen and oxygen atoms in total. The second-order valence-corrected chi connectivity index (χ2v) is 26.4. The molecule has 0 radical (unpaired) electrons. The number of aliphatic hydroxyl groups is 2. The van der Waals surface area contributed by atoms with Gasteiger partial charge in [0.05, 0.1) is 37.6 Å². The Morgan fingerprint density at radius 1 is 0.417 bits per heavy atom. The van der Waals surface area contributed by atoms with Crippen molar-refractivity contribution in [3.8, 4) is 68.4 Å². The van der Waals surface area contributed by atoms with Gasteiger partial charge in [0.2, 0.25) is 0 Å². The molecule has 0 aliphatic heterocycles. The van der Waals surface area contributed by atoms with Crippen LogP contribution in [-0.2, 0) is 18.9 Å². The van der Waals surface area contributed by atoms with Crippen LogP contribution in [0.15, 0.2) is 109 Å². The third-order valence-electron chi connectivity index (χ3n) is 17.6. The molecule has 0 amide bonds. The van der Waals surface area contributed by atoms with Crippen LogP contribution in [0, 0.1) is 55.4 Å². The van der Waals surface area contributed by atoms with E-state index in [2.05, 4.69) is 97.0 Å². The number of phenols is 1. The molecule has 0 saturated carbocycles. The Morgan fingerprint density at radius 3 is 1.21 bits per heavy atom. The quantitative estimate of drug-likeness (QED) is 0.0186. The van der Waals surface area contributed by atoms with E-state index in [-0.39, 0.29) is 30.8 Å². The van der Waals surface area contributed by atoms with Gasteiger partial charge in [-0.2, -0.15) is 0 Å². The minimum atomic E-state index is -0.816. The monoisotopic (exact) mass is 1310 g/mol. The number of unbranched alkanes of at least 4 members (excludes halogenated alkanes) is 19. The lowest BCUT2D eigenvalue weighted by atomic mass is 10.0. The first-order valence-electron chi connectivity index (χ1n) is 36.0. The number of aromatic hydroxyl groups is 1. The average Bonchev–Trinajstić information content (AvgIpc) is 0.811. The smallest absolute Gasteiger partial charge is 0.167 e. The first-order chi connectivity index (χ1) is 46.6. The Kier molecular flexibility index (Phi) is 33.2. The molecule has 0 spiro atoms. The third kappa shape index (κ3) is 25.7. The van der Waals surface area contributed by atoms with Crippen LogP contribution in [0.4, 0.5) is 0 Å². The lowest BCUT2D eigenvalue weighted by Gasteiger charge is -2.18. The fourth-order valence-corrected chi connectivity index (χ4v) is 12.1. The number of ether oxygens (including phenoxy) is 5. The predicted octanol–water partition coefficient (Wildman–Crippen LogP) is 19.9. The van der Waals surface area contributed by atoms with E-state index in [9.17, 15) is 15.3 Å². The molecule has 0 saturated heterocycles. The Morgan fingerprint density at radius 2 is 0.792 bits per heavy atom. The molecule has 2 atom stereocenters. The van der Waals surface area contributed by atoms with Gasteiger partial charge in [-0.25, -0.2) is 29.9 Å². The van der Waals surface area contributed by atoms with Gasteiger partial charge < -0.3 is 39.0 Å². The predicted molar refractivity (Wildman–Crippen MR) is 392 cm³/mol. The number of allylic oxidation sites excluding steroid dienone is 3. The molecule has 7 aromatic rings. The summed E-state index contributed by atoms with van der Waals surface area (Å²) in [5, 5.41) is 33.4. The van der Waals surface area contributed by atoms with E-state index in [1.165, 1.54) is 102 Å². The molecule has 2 aromatic heterocycles. The fourth-order valence-electron chi connectivity index (χ4n) is 12.1. The zero-order chi connectivity index (χ0) is 68.4. The maximum atomic E-state index is 11.4. The van der Waals surface area contributed by atoms with Gasteiger partial charge in [-0.05, 0) is 115 Å². The van der Waals surface area contributed by atoms with Crippen LogP contribution in [0.3, 0.4) is 0 Å². The average molecular weight is 1310 g/mol. The van der Waals surface area contributed by atoms with E-state index in [1.807, 2.05) is 57.2 Å². The summed E-state index contributed by atoms with van der Waals surface area (Å²) in [5.41, 5.74) is 13.5. The van der Waals surface area contributed by atoms with Crippen LogP contribution in [-0.4, -0.2) is 110 Å². The molecule has 0 bridgehead atoms. The number of hydrogen-bond acceptors (Lipinski definition) is 14. The van der Waals surface area contributed by atoms with Crippen molar-refractivity contribution in [3.05, 3.63) is 159 Å². The normalized spacial score (nSPS) is 12.6. The highest BCUT2D eigenvalue weighted by atomic mass is 16.6. The summed E-state index contributed by atoms with van der Waals surface area (Å²) in [6.07, 6.45) is 28.8. The summed E-state index contributed by atoms with van der Waals surface area (Å²) in [6, 6.07) is 29.9. The van der Waals surface area contributed by atoms with Gasteiger partial charge in [0.1, 0.15) is 36.1 Å². The molecule has 0 aliphatic carbocycles. The van der Waals surface area contributed by atoms with Crippen LogP contribution in [0.25, 0.3) is 62.5 Å². The fraction of sp³-hybridized carbons (Fsp3) is 0.512. The molecule has 0 aliphatic rings. The van der Waals surface area contributed by atoms with Crippen molar-refractivity contribution < 1.29 is 39.0 Å². The van der Waals surface area contributed by atoms with E-state index >= 15 is 0 Å². The van der Waals surface area contributed by atoms with Crippen molar-refractivity contribution in [1.29, 1.82) is 0 Å². The lowest BCUT2D eigenvalue weighted by Crippen LogP contribution is -2.26. The molecule has 96 heavy (non-hydrogen) atoms. The van der Waals surface area contributed by atoms with Gasteiger partial charge in [0.15, 0.2) is 34.9 Å². The van der Waals surface area contributed by atoms with Crippen molar-refractivity contribution in [1.82, 2.24) is 29.9 Å². The third-order valence-corrected chi connectivity index (χ3v) is 17.6. The second kappa shape index (κ2) is 41.8. The van der Waals surface area contributed by atoms with E-state index in [4.69, 9.17) is 53.6 Å². The van der Waals surface area contributed by atoms with Gasteiger partial charge in [0, 0.05) is 54.6 Å². The number of benzene rings is 5. The Labute approximate surface area is 574 Å². The molecule has 3 N–H and O–H groups in total. The van der Waals surface area contributed by atoms with Crippen molar-refractivity contribution in [2.75, 3.05) is 52.9 Å². The van der Waals surface area contributed by atoms with Gasteiger partial charge in [-0.3, -0.25) is 0 Å². The van der Waals surface area contributed by atoms with Crippen LogP contribution < -0.4 is 4.74 Å². The van der Waals surface area contributed by atoms with Crippen molar-refractivity contribution in [3.63, 3.8) is 0 Å². The van der Waals surface area contributed by atoms with Crippen LogP contribution in [0.2, 0.25) is 0 Å². The zero-order valence-electron chi connectivity index (χ0n) is 59.7. The highest BCUT2D eigenvalue weighted by molar-refractivity contribution is 5.76. The second-order valence-electron chi connectivity index (χ2n) is 26.4. The van der Waals surface area contributed by atoms with Gasteiger partial charge in [0.25, 0.3) is 0 Å². The first-order valence-corrected chi connectivity index (χ1v) is 36.0. The molecule has 2 unspecified atom stereocenters. The van der Waals surface area contributed by atoms with E-state index < -0.39 is 6.10 Å². The van der Waals surface area contributed by atoms with Gasteiger partial charge in [-0.15, -0.1) is 0 Å². The number of rotatable bonds is 45. The topological polar surface area (TPSA) is 184 Å². The zero-order valence-corrected chi connectivity index (χ0v) is 59.7. The van der Waals surface area contributed by atoms with Crippen LogP contribution in [0.5, 0.6) is 11.5 Å². The summed E-state index contributed by atoms with van der Waals surface area (Å²) in [6.45, 7) is 24.1. The van der Waals surface area contributed by atoms with E-state index in [0.717, 1.165) is 112 Å². The summed E-state index contributed by atoms with van der Waals surface area (Å²) in [4.78, 5) is 29.6. The first kappa shape index (κ1) is 76.2. The number of aliphatic hydroxyl groups excluding tert-OH is 2. The molecule has 2 heterocycles. The Hall–Kier alpha value is -7.20. The molecule has 7 rings (SSSR count). The van der Waals surface area contributed by atoms with E-state index in [1.54, 1.807) is 12.1 Å². The van der Waals surface area contributed by atoms with Crippen molar-refractivity contribution in [2.45, 2.75) is 223 Å². The summed E-state index contributed by atoms with van der Waals surface area (Å²) >= 11 is 0. The SMILES string of the molecule is CCCCCCCCCCCCCOCC(COC/C=C\C(=C(\O)CC)c1nc(-c2ccc(C)cc2C)nc(-c2ccc(C)cc2C)n1)OCCCCCCCCCCCCOCC(O)COc1ccc(-c2nc(-c3ccc(C)cc3C)nc(-c3ccc(C)cc3C)n2)c(O)c1. The number of aryl methyl sites for hydroxylation is 8. The standard InChI is InChI=1S/C82H112N6O8/c1-11-13-14-15-16-17-18-21-25-28-31-46-93-56-68(57-94-47-33-34-73(75(90)12-2)81-85-77(69-40-35-58(3)49-62(69)7)83-78(86-81)70-41-36-59(4)50-63(70)8)95-48-32-29-26-23-20-19-22-24-27-30-45-92-54-66(89)55-96-67-39-44-74(76(91)53-67)82-87-79(71-42-37-60(5)51-64(71)9)84-80(88-82)72-43-38-61(6)52-65(72)10/h33-44,49-53,66,68,89-91H,11-32,45-48,54-57H2,1-10H3/b34-33-,75-73-. The molecule has 14 heteroatoms. The largest absolute Gasteiger partial charge is 0.512 e. The van der Waals surface area contributed by atoms with Crippen LogP contribution >= 0.6 is 0 Å². The molecule has 518 valence electrons. The number of phenolic OH excluding ortho intramolecular Hbond substituents is 1. The Balaban J connectivity index is 0.791. The molecular weight excluding hydrogens is 1200 g/mol. The molecular formula is C82H112N6O8.